The molecule has 1 aliphatic carbocycles. The summed E-state index contributed by atoms with van der Waals surface area (Å²) < 4.78 is 0. The molecule has 0 saturated carbocycles. The van der Waals surface area contributed by atoms with Crippen molar-refractivity contribution in [1.29, 1.82) is 0 Å². The first-order valence-corrected chi connectivity index (χ1v) is 8.45. The van der Waals surface area contributed by atoms with E-state index in [1.54, 1.807) is 12.4 Å². The van der Waals surface area contributed by atoms with Crippen molar-refractivity contribution in [3.05, 3.63) is 59.9 Å². The van der Waals surface area contributed by atoms with E-state index in [1.807, 2.05) is 30.3 Å². The Kier molecular flexibility index (Phi) is 4.94. The number of rotatable bonds is 4. The first-order valence-electron chi connectivity index (χ1n) is 8.45. The maximum absolute atomic E-state index is 12.4. The minimum atomic E-state index is -0.0387. The van der Waals surface area contributed by atoms with Gasteiger partial charge in [0.2, 0.25) is 0 Å². The van der Waals surface area contributed by atoms with Crippen LogP contribution in [0.2, 0.25) is 0 Å². The summed E-state index contributed by atoms with van der Waals surface area (Å²) in [6.45, 7) is 2.06. The molecule has 4 heteroatoms. The van der Waals surface area contributed by atoms with Crippen LogP contribution in [-0.4, -0.2) is 16.9 Å². The van der Waals surface area contributed by atoms with Crippen LogP contribution in [-0.2, 0) is 0 Å². The highest BCUT2D eigenvalue weighted by Gasteiger charge is 2.15. The van der Waals surface area contributed by atoms with E-state index in [9.17, 15) is 4.79 Å². The fraction of sp³-hybridized carbons (Fsp3) is 0.300. The normalized spacial score (nSPS) is 15.5. The summed E-state index contributed by atoms with van der Waals surface area (Å²) in [4.78, 5) is 16.4. The third kappa shape index (κ3) is 3.65. The summed E-state index contributed by atoms with van der Waals surface area (Å²) in [5, 5.41) is 3.09. The van der Waals surface area contributed by atoms with Crippen molar-refractivity contribution in [3.63, 3.8) is 0 Å². The summed E-state index contributed by atoms with van der Waals surface area (Å²) in [5.74, 6) is -0.0387. The number of allylic oxidation sites excluding steroid dienone is 1. The molecule has 1 amide bonds. The monoisotopic (exact) mass is 321 g/mol. The maximum Gasteiger partial charge on any atom is 0.251 e. The average molecular weight is 321 g/mol. The van der Waals surface area contributed by atoms with Crippen molar-refractivity contribution >= 4 is 11.6 Å². The van der Waals surface area contributed by atoms with Gasteiger partial charge in [-0.05, 0) is 56.4 Å². The minimum Gasteiger partial charge on any atom is -0.397 e. The zero-order valence-electron chi connectivity index (χ0n) is 14.0. The van der Waals surface area contributed by atoms with Gasteiger partial charge in [-0.25, -0.2) is 0 Å². The maximum atomic E-state index is 12.4. The van der Waals surface area contributed by atoms with Gasteiger partial charge in [-0.15, -0.1) is 0 Å². The predicted molar refractivity (Wildman–Crippen MR) is 97.6 cm³/mol. The molecular weight excluding hydrogens is 298 g/mol. The molecule has 1 heterocycles. The van der Waals surface area contributed by atoms with Crippen LogP contribution in [0.4, 0.5) is 5.69 Å². The molecular formula is C20H23N3O. The molecule has 0 aliphatic heterocycles. The van der Waals surface area contributed by atoms with E-state index in [0.717, 1.165) is 24.0 Å². The summed E-state index contributed by atoms with van der Waals surface area (Å²) in [5.41, 5.74) is 10.5. The number of hydrogen-bond donors (Lipinski definition) is 2. The molecule has 0 spiro atoms. The molecule has 2 aromatic rings. The van der Waals surface area contributed by atoms with Gasteiger partial charge >= 0.3 is 0 Å². The molecule has 1 aliphatic rings. The van der Waals surface area contributed by atoms with Crippen molar-refractivity contribution in [2.24, 2.45) is 0 Å². The third-order valence-corrected chi connectivity index (χ3v) is 4.54. The van der Waals surface area contributed by atoms with Gasteiger partial charge in [-0.1, -0.05) is 23.8 Å². The predicted octanol–water partition coefficient (Wildman–Crippen LogP) is 3.95. The van der Waals surface area contributed by atoms with Crippen LogP contribution in [0.25, 0.3) is 11.1 Å². The number of hydrogen-bond acceptors (Lipinski definition) is 3. The third-order valence-electron chi connectivity index (χ3n) is 4.54. The molecule has 0 unspecified atom stereocenters. The number of benzene rings is 1. The number of carbonyl (C=O) groups is 1. The number of aromatic nitrogens is 1. The Balaban J connectivity index is 1.70. The smallest absolute Gasteiger partial charge is 0.251 e. The number of nitrogens with two attached hydrogens (primary N) is 1. The summed E-state index contributed by atoms with van der Waals surface area (Å²) >= 11 is 0. The SMILES string of the molecule is C[C@H](NC(=O)c1ccc(-c2ccncc2N)cc1)C1=CCCCC1. The summed E-state index contributed by atoms with van der Waals surface area (Å²) in [7, 11) is 0. The Morgan fingerprint density at radius 2 is 2.00 bits per heavy atom. The van der Waals surface area contributed by atoms with Crippen molar-refractivity contribution in [2.75, 3.05) is 5.73 Å². The van der Waals surface area contributed by atoms with E-state index < -0.39 is 0 Å². The van der Waals surface area contributed by atoms with E-state index in [-0.39, 0.29) is 11.9 Å². The summed E-state index contributed by atoms with van der Waals surface area (Å²) in [6, 6.07) is 9.49. The molecule has 124 valence electrons. The second kappa shape index (κ2) is 7.30. The second-order valence-electron chi connectivity index (χ2n) is 6.26. The Morgan fingerprint density at radius 1 is 1.21 bits per heavy atom. The van der Waals surface area contributed by atoms with Crippen LogP contribution in [0.1, 0.15) is 43.0 Å². The lowest BCUT2D eigenvalue weighted by Crippen LogP contribution is -2.34. The van der Waals surface area contributed by atoms with Crippen molar-refractivity contribution < 1.29 is 4.79 Å². The Morgan fingerprint density at radius 3 is 2.67 bits per heavy atom. The van der Waals surface area contributed by atoms with Gasteiger partial charge in [-0.2, -0.15) is 0 Å². The molecule has 0 radical (unpaired) electrons. The highest BCUT2D eigenvalue weighted by molar-refractivity contribution is 5.95. The fourth-order valence-electron chi connectivity index (χ4n) is 3.10. The van der Waals surface area contributed by atoms with E-state index in [0.29, 0.717) is 11.3 Å². The number of anilines is 1. The first kappa shape index (κ1) is 16.2. The molecule has 1 aromatic heterocycles. The molecule has 1 aromatic carbocycles. The largest absolute Gasteiger partial charge is 0.397 e. The van der Waals surface area contributed by atoms with Gasteiger partial charge < -0.3 is 11.1 Å². The number of pyridine rings is 1. The average Bonchev–Trinajstić information content (AvgIpc) is 2.63. The number of nitrogen functional groups attached to an aromatic ring is 1. The highest BCUT2D eigenvalue weighted by Crippen LogP contribution is 2.25. The molecule has 0 saturated heterocycles. The van der Waals surface area contributed by atoms with Crippen LogP contribution in [0.3, 0.4) is 0 Å². The van der Waals surface area contributed by atoms with Gasteiger partial charge in [0.1, 0.15) is 0 Å². The highest BCUT2D eigenvalue weighted by atomic mass is 16.1. The molecule has 0 bridgehead atoms. The zero-order chi connectivity index (χ0) is 16.9. The van der Waals surface area contributed by atoms with Crippen LogP contribution in [0.15, 0.2) is 54.4 Å². The van der Waals surface area contributed by atoms with E-state index in [2.05, 4.69) is 23.3 Å². The lowest BCUT2D eigenvalue weighted by atomic mass is 9.94. The molecule has 0 fully saturated rings. The van der Waals surface area contributed by atoms with Gasteiger partial charge in [0.05, 0.1) is 11.9 Å². The van der Waals surface area contributed by atoms with Crippen LogP contribution >= 0.6 is 0 Å². The Hall–Kier alpha value is -2.62. The van der Waals surface area contributed by atoms with Crippen molar-refractivity contribution in [2.45, 2.75) is 38.6 Å². The lowest BCUT2D eigenvalue weighted by Gasteiger charge is -2.21. The quantitative estimate of drug-likeness (QED) is 0.838. The molecule has 3 rings (SSSR count). The first-order chi connectivity index (χ1) is 11.6. The zero-order valence-corrected chi connectivity index (χ0v) is 14.0. The molecule has 3 N–H and O–H groups in total. The van der Waals surface area contributed by atoms with Crippen LogP contribution in [0.5, 0.6) is 0 Å². The fourth-order valence-corrected chi connectivity index (χ4v) is 3.10. The number of amides is 1. The number of nitrogens with zero attached hydrogens (tertiary/aromatic N) is 1. The number of nitrogens with one attached hydrogen (secondary N) is 1. The van der Waals surface area contributed by atoms with Gasteiger partial charge in [0.25, 0.3) is 5.91 Å². The van der Waals surface area contributed by atoms with Crippen LogP contribution in [0, 0.1) is 0 Å². The molecule has 4 nitrogen and oxygen atoms in total. The molecule has 1 atom stereocenters. The van der Waals surface area contributed by atoms with Gasteiger partial charge in [0, 0.05) is 23.4 Å². The van der Waals surface area contributed by atoms with Crippen molar-refractivity contribution in [3.8, 4) is 11.1 Å². The van der Waals surface area contributed by atoms with Gasteiger partial charge in [0.15, 0.2) is 0 Å². The summed E-state index contributed by atoms with van der Waals surface area (Å²) in [6.07, 6.45) is 10.3. The number of carbonyl (C=O) groups excluding carboxylic acids is 1. The van der Waals surface area contributed by atoms with E-state index >= 15 is 0 Å². The van der Waals surface area contributed by atoms with Gasteiger partial charge in [-0.3, -0.25) is 9.78 Å². The van der Waals surface area contributed by atoms with Crippen LogP contribution < -0.4 is 11.1 Å². The van der Waals surface area contributed by atoms with E-state index in [4.69, 9.17) is 5.73 Å². The molecule has 24 heavy (non-hydrogen) atoms. The second-order valence-corrected chi connectivity index (χ2v) is 6.26. The lowest BCUT2D eigenvalue weighted by molar-refractivity contribution is 0.0944. The minimum absolute atomic E-state index is 0.0387. The Labute approximate surface area is 142 Å². The van der Waals surface area contributed by atoms with Crippen molar-refractivity contribution in [1.82, 2.24) is 10.3 Å². The standard InChI is InChI=1S/C20H23N3O/c1-14(15-5-3-2-4-6-15)23-20(24)17-9-7-16(8-10-17)18-11-12-22-13-19(18)21/h5,7-14H,2-4,6,21H2,1H3,(H,23,24)/t14-/m0/s1. The Bertz CT molecular complexity index is 750. The topological polar surface area (TPSA) is 68.0 Å². The van der Waals surface area contributed by atoms with E-state index in [1.165, 1.54) is 18.4 Å².